The van der Waals surface area contributed by atoms with E-state index in [1.54, 1.807) is 0 Å². The molecule has 0 saturated carbocycles. The Hall–Kier alpha value is -5.18. The molecule has 0 saturated heterocycles. The Morgan fingerprint density at radius 1 is 0.511 bits per heavy atom. The van der Waals surface area contributed by atoms with Crippen LogP contribution in [0.1, 0.15) is 25.0 Å². The fourth-order valence-corrected chi connectivity index (χ4v) is 8.63. The van der Waals surface area contributed by atoms with E-state index in [-0.39, 0.29) is 5.41 Å². The summed E-state index contributed by atoms with van der Waals surface area (Å²) in [6.07, 6.45) is 0. The van der Waals surface area contributed by atoms with E-state index in [4.69, 9.17) is 0 Å². The van der Waals surface area contributed by atoms with Crippen molar-refractivity contribution >= 4 is 59.3 Å². The molecule has 0 fully saturated rings. The molecule has 1 aliphatic rings. The number of rotatable bonds is 4. The lowest BCUT2D eigenvalue weighted by Gasteiger charge is -2.30. The lowest BCUT2D eigenvalue weighted by molar-refractivity contribution is 0.666. The zero-order chi connectivity index (χ0) is 30.1. The molecule has 7 aromatic carbocycles. The van der Waals surface area contributed by atoms with Crippen LogP contribution in [-0.4, -0.2) is 0 Å². The van der Waals surface area contributed by atoms with E-state index in [0.29, 0.717) is 0 Å². The van der Waals surface area contributed by atoms with Crippen molar-refractivity contribution in [3.05, 3.63) is 163 Å². The highest BCUT2D eigenvalue weighted by Crippen LogP contribution is 2.57. The molecule has 0 atom stereocenters. The normalized spacial score (nSPS) is 13.3. The Morgan fingerprint density at radius 3 is 2.09 bits per heavy atom. The Labute approximate surface area is 267 Å². The monoisotopic (exact) mass is 593 g/mol. The molecule has 0 bridgehead atoms. The van der Waals surface area contributed by atoms with Crippen molar-refractivity contribution in [3.8, 4) is 22.3 Å². The summed E-state index contributed by atoms with van der Waals surface area (Å²) in [5.74, 6) is 0. The summed E-state index contributed by atoms with van der Waals surface area (Å²) in [7, 11) is 0. The second-order valence-electron chi connectivity index (χ2n) is 12.6. The minimum absolute atomic E-state index is 0.132. The molecule has 214 valence electrons. The standard InChI is InChI=1S/C43H31NS/c1-43(2)37-21-10-8-20-35(37)41-38(26-30-15-6-7-18-33(30)42(41)43)44(31-17-12-16-29(25-31)28-13-4-3-5-14-28)32-23-24-40-36(27-32)34-19-9-11-22-39(34)45-40/h3-27H,1-2H3. The first-order valence-electron chi connectivity index (χ1n) is 15.6. The predicted molar refractivity (Wildman–Crippen MR) is 195 cm³/mol. The van der Waals surface area contributed by atoms with Crippen LogP contribution in [0.4, 0.5) is 17.1 Å². The first kappa shape index (κ1) is 26.2. The van der Waals surface area contributed by atoms with Crippen LogP contribution in [0.25, 0.3) is 53.2 Å². The number of thiophene rings is 1. The highest BCUT2D eigenvalue weighted by atomic mass is 32.1. The van der Waals surface area contributed by atoms with Gasteiger partial charge in [-0.15, -0.1) is 11.3 Å². The number of hydrogen-bond donors (Lipinski definition) is 0. The van der Waals surface area contributed by atoms with Gasteiger partial charge in [-0.2, -0.15) is 0 Å². The first-order chi connectivity index (χ1) is 22.1. The van der Waals surface area contributed by atoms with Crippen LogP contribution in [0.15, 0.2) is 152 Å². The van der Waals surface area contributed by atoms with Gasteiger partial charge >= 0.3 is 0 Å². The SMILES string of the molecule is CC1(C)c2ccccc2-c2c(N(c3cccc(-c4ccccc4)c3)c3ccc4sc5ccccc5c4c3)cc3ccccc3c21. The van der Waals surface area contributed by atoms with E-state index in [9.17, 15) is 0 Å². The molecule has 1 aliphatic carbocycles. The molecule has 0 spiro atoms. The van der Waals surface area contributed by atoms with Gasteiger partial charge in [-0.05, 0) is 81.1 Å². The zero-order valence-electron chi connectivity index (χ0n) is 25.3. The molecule has 8 aromatic rings. The molecule has 0 radical (unpaired) electrons. The van der Waals surface area contributed by atoms with Gasteiger partial charge in [0.15, 0.2) is 0 Å². The molecule has 0 aliphatic heterocycles. The van der Waals surface area contributed by atoms with Gasteiger partial charge < -0.3 is 4.90 Å². The number of benzene rings is 7. The highest BCUT2D eigenvalue weighted by molar-refractivity contribution is 7.25. The van der Waals surface area contributed by atoms with Gasteiger partial charge in [0.1, 0.15) is 0 Å². The Balaban J connectivity index is 1.39. The summed E-state index contributed by atoms with van der Waals surface area (Å²) >= 11 is 1.87. The Kier molecular flexibility index (Phi) is 5.78. The summed E-state index contributed by atoms with van der Waals surface area (Å²) < 4.78 is 2.64. The molecule has 2 heteroatoms. The molecule has 1 heterocycles. The molecule has 0 N–H and O–H groups in total. The van der Waals surface area contributed by atoms with Gasteiger partial charge in [0.05, 0.1) is 5.69 Å². The second kappa shape index (κ2) is 9.92. The van der Waals surface area contributed by atoms with Crippen molar-refractivity contribution in [2.24, 2.45) is 0 Å². The topological polar surface area (TPSA) is 3.24 Å². The van der Waals surface area contributed by atoms with Crippen LogP contribution in [0.5, 0.6) is 0 Å². The molecule has 0 unspecified atom stereocenters. The summed E-state index contributed by atoms with van der Waals surface area (Å²) in [4.78, 5) is 2.50. The van der Waals surface area contributed by atoms with E-state index in [0.717, 1.165) is 11.4 Å². The van der Waals surface area contributed by atoms with E-state index < -0.39 is 0 Å². The third-order valence-corrected chi connectivity index (χ3v) is 10.7. The van der Waals surface area contributed by atoms with E-state index in [2.05, 4.69) is 170 Å². The predicted octanol–water partition coefficient (Wildman–Crippen LogP) is 12.7. The molecular weight excluding hydrogens is 563 g/mol. The number of hydrogen-bond acceptors (Lipinski definition) is 2. The van der Waals surface area contributed by atoms with E-state index in [1.807, 2.05) is 11.3 Å². The smallest absolute Gasteiger partial charge is 0.0549 e. The second-order valence-corrected chi connectivity index (χ2v) is 13.7. The van der Waals surface area contributed by atoms with Crippen molar-refractivity contribution in [1.82, 2.24) is 0 Å². The molecule has 1 nitrogen and oxygen atoms in total. The van der Waals surface area contributed by atoms with Crippen LogP contribution in [0.3, 0.4) is 0 Å². The van der Waals surface area contributed by atoms with Crippen LogP contribution in [0, 0.1) is 0 Å². The quantitative estimate of drug-likeness (QED) is 0.196. The van der Waals surface area contributed by atoms with Gasteiger partial charge in [-0.1, -0.05) is 123 Å². The summed E-state index contributed by atoms with van der Waals surface area (Å²) in [5.41, 5.74) is 11.3. The van der Waals surface area contributed by atoms with Crippen LogP contribution in [0.2, 0.25) is 0 Å². The van der Waals surface area contributed by atoms with Gasteiger partial charge in [0.25, 0.3) is 0 Å². The number of anilines is 3. The van der Waals surface area contributed by atoms with Crippen LogP contribution in [-0.2, 0) is 5.41 Å². The fourth-order valence-electron chi connectivity index (χ4n) is 7.55. The van der Waals surface area contributed by atoms with Crippen molar-refractivity contribution in [2.45, 2.75) is 19.3 Å². The maximum atomic E-state index is 2.50. The minimum atomic E-state index is -0.132. The Morgan fingerprint density at radius 2 is 1.20 bits per heavy atom. The van der Waals surface area contributed by atoms with E-state index in [1.165, 1.54) is 70.0 Å². The Bertz CT molecular complexity index is 2410. The van der Waals surface area contributed by atoms with Gasteiger partial charge in [-0.25, -0.2) is 0 Å². The van der Waals surface area contributed by atoms with Gasteiger partial charge in [0, 0.05) is 42.5 Å². The summed E-state index contributed by atoms with van der Waals surface area (Å²) in [6.45, 7) is 4.77. The van der Waals surface area contributed by atoms with Crippen LogP contribution >= 0.6 is 11.3 Å². The lowest BCUT2D eigenvalue weighted by atomic mass is 9.80. The molecule has 45 heavy (non-hydrogen) atoms. The minimum Gasteiger partial charge on any atom is -0.310 e. The largest absolute Gasteiger partial charge is 0.310 e. The first-order valence-corrected chi connectivity index (χ1v) is 16.4. The highest BCUT2D eigenvalue weighted by Gasteiger charge is 2.39. The maximum Gasteiger partial charge on any atom is 0.0549 e. The third kappa shape index (κ3) is 3.99. The fraction of sp³-hybridized carbons (Fsp3) is 0.0698. The van der Waals surface area contributed by atoms with Crippen molar-refractivity contribution in [3.63, 3.8) is 0 Å². The van der Waals surface area contributed by atoms with Crippen molar-refractivity contribution < 1.29 is 0 Å². The molecule has 0 amide bonds. The van der Waals surface area contributed by atoms with Crippen LogP contribution < -0.4 is 4.90 Å². The zero-order valence-corrected chi connectivity index (χ0v) is 26.1. The molecule has 9 rings (SSSR count). The third-order valence-electron chi connectivity index (χ3n) is 9.59. The summed E-state index contributed by atoms with van der Waals surface area (Å²) in [5, 5.41) is 5.20. The average Bonchev–Trinajstić information content (AvgIpc) is 3.58. The lowest BCUT2D eigenvalue weighted by Crippen LogP contribution is -2.17. The number of fused-ring (bicyclic) bond motifs is 8. The van der Waals surface area contributed by atoms with Crippen molar-refractivity contribution in [2.75, 3.05) is 4.90 Å². The molecular formula is C43H31NS. The number of nitrogens with zero attached hydrogens (tertiary/aromatic N) is 1. The summed E-state index contributed by atoms with van der Waals surface area (Å²) in [6, 6.07) is 55.8. The average molecular weight is 594 g/mol. The van der Waals surface area contributed by atoms with Crippen molar-refractivity contribution in [1.29, 1.82) is 0 Å². The van der Waals surface area contributed by atoms with E-state index >= 15 is 0 Å². The molecule has 1 aromatic heterocycles. The van der Waals surface area contributed by atoms with Gasteiger partial charge in [0.2, 0.25) is 0 Å². The van der Waals surface area contributed by atoms with Gasteiger partial charge in [-0.3, -0.25) is 0 Å². The maximum absolute atomic E-state index is 2.50.